The number of pyridine rings is 1. The summed E-state index contributed by atoms with van der Waals surface area (Å²) in [6.45, 7) is 2.80. The van der Waals surface area contributed by atoms with Crippen molar-refractivity contribution in [1.29, 1.82) is 0 Å². The van der Waals surface area contributed by atoms with Crippen LogP contribution < -0.4 is 5.32 Å². The number of allylic oxidation sites excluding steroid dienone is 1. The minimum atomic E-state index is -1.66. The Labute approximate surface area is 142 Å². The number of rotatable bonds is 3. The van der Waals surface area contributed by atoms with Gasteiger partial charge >= 0.3 is 11.9 Å². The summed E-state index contributed by atoms with van der Waals surface area (Å²) in [7, 11) is 1.19. The summed E-state index contributed by atoms with van der Waals surface area (Å²) in [5, 5.41) is 2.94. The Morgan fingerprint density at radius 3 is 2.84 bits per heavy atom. The van der Waals surface area contributed by atoms with E-state index in [2.05, 4.69) is 10.3 Å². The van der Waals surface area contributed by atoms with Gasteiger partial charge in [0.15, 0.2) is 0 Å². The quantitative estimate of drug-likeness (QED) is 0.842. The van der Waals surface area contributed by atoms with Gasteiger partial charge in [0, 0.05) is 17.5 Å². The Bertz CT molecular complexity index is 830. The second kappa shape index (κ2) is 6.27. The van der Waals surface area contributed by atoms with Crippen LogP contribution in [0.4, 0.5) is 8.78 Å². The van der Waals surface area contributed by atoms with Gasteiger partial charge in [-0.3, -0.25) is 4.98 Å². The molecule has 0 saturated heterocycles. The van der Waals surface area contributed by atoms with Crippen molar-refractivity contribution in [2.24, 2.45) is 0 Å². The molecule has 0 aliphatic carbocycles. The molecule has 0 amide bonds. The van der Waals surface area contributed by atoms with E-state index in [9.17, 15) is 18.4 Å². The first-order valence-electron chi connectivity index (χ1n) is 7.60. The van der Waals surface area contributed by atoms with Gasteiger partial charge < -0.3 is 14.8 Å². The highest BCUT2D eigenvalue weighted by Gasteiger charge is 2.43. The molecule has 2 aliphatic heterocycles. The van der Waals surface area contributed by atoms with Crippen LogP contribution in [0, 0.1) is 5.82 Å². The maximum absolute atomic E-state index is 14.2. The average molecular weight is 350 g/mol. The Morgan fingerprint density at radius 2 is 2.20 bits per heavy atom. The Balaban J connectivity index is 2.28. The monoisotopic (exact) mass is 350 g/mol. The summed E-state index contributed by atoms with van der Waals surface area (Å²) in [6.07, 6.45) is 0.498. The SMILES string of the molecule is COC(=O)C1=C(C)NC2=C(C(=O)OC2)C1c1cncc(F)c1C(C)F. The van der Waals surface area contributed by atoms with Gasteiger partial charge in [-0.25, -0.2) is 18.4 Å². The molecule has 0 fully saturated rings. The first kappa shape index (κ1) is 17.1. The summed E-state index contributed by atoms with van der Waals surface area (Å²) in [6, 6.07) is 0. The average Bonchev–Trinajstić information content (AvgIpc) is 2.93. The third-order valence-corrected chi connectivity index (χ3v) is 4.30. The van der Waals surface area contributed by atoms with Crippen molar-refractivity contribution >= 4 is 11.9 Å². The van der Waals surface area contributed by atoms with E-state index in [4.69, 9.17) is 9.47 Å². The van der Waals surface area contributed by atoms with Crippen LogP contribution in [0.5, 0.6) is 0 Å². The van der Waals surface area contributed by atoms with Crippen molar-refractivity contribution in [2.45, 2.75) is 25.9 Å². The molecule has 2 aliphatic rings. The number of halogens is 2. The molecule has 1 aromatic heterocycles. The maximum atomic E-state index is 14.2. The van der Waals surface area contributed by atoms with E-state index in [1.165, 1.54) is 20.2 Å². The summed E-state index contributed by atoms with van der Waals surface area (Å²) in [4.78, 5) is 28.3. The zero-order chi connectivity index (χ0) is 18.3. The number of ether oxygens (including phenoxy) is 2. The molecule has 3 heterocycles. The number of hydrogen-bond donors (Lipinski definition) is 1. The van der Waals surface area contributed by atoms with Crippen molar-refractivity contribution in [3.63, 3.8) is 0 Å². The number of hydrogen-bond acceptors (Lipinski definition) is 6. The number of dihydropyridines is 1. The van der Waals surface area contributed by atoms with Gasteiger partial charge in [0.2, 0.25) is 0 Å². The fourth-order valence-corrected chi connectivity index (χ4v) is 3.27. The zero-order valence-electron chi connectivity index (χ0n) is 13.9. The molecule has 2 unspecified atom stereocenters. The van der Waals surface area contributed by atoms with Crippen LogP contribution in [0.3, 0.4) is 0 Å². The lowest BCUT2D eigenvalue weighted by atomic mass is 9.79. The number of nitrogens with one attached hydrogen (secondary N) is 1. The molecule has 0 aromatic carbocycles. The number of carbonyl (C=O) groups is 2. The number of alkyl halides is 1. The van der Waals surface area contributed by atoms with Crippen LogP contribution in [0.2, 0.25) is 0 Å². The van der Waals surface area contributed by atoms with E-state index in [1.807, 2.05) is 0 Å². The highest BCUT2D eigenvalue weighted by molar-refractivity contribution is 6.01. The number of aromatic nitrogens is 1. The molecule has 2 atom stereocenters. The van der Waals surface area contributed by atoms with Gasteiger partial charge in [-0.1, -0.05) is 0 Å². The minimum absolute atomic E-state index is 0.000282. The van der Waals surface area contributed by atoms with E-state index in [-0.39, 0.29) is 28.9 Å². The number of nitrogens with zero attached hydrogens (tertiary/aromatic N) is 1. The van der Waals surface area contributed by atoms with Gasteiger partial charge in [-0.15, -0.1) is 0 Å². The fourth-order valence-electron chi connectivity index (χ4n) is 3.27. The Kier molecular flexibility index (Phi) is 4.28. The highest BCUT2D eigenvalue weighted by Crippen LogP contribution is 2.44. The van der Waals surface area contributed by atoms with Gasteiger partial charge in [-0.2, -0.15) is 0 Å². The normalized spacial score (nSPS) is 20.8. The topological polar surface area (TPSA) is 77.5 Å². The van der Waals surface area contributed by atoms with Crippen molar-refractivity contribution < 1.29 is 27.8 Å². The third kappa shape index (κ3) is 2.67. The number of methoxy groups -OCH3 is 1. The smallest absolute Gasteiger partial charge is 0.337 e. The van der Waals surface area contributed by atoms with Crippen LogP contribution in [0.25, 0.3) is 0 Å². The molecular weight excluding hydrogens is 334 g/mol. The standard InChI is InChI=1S/C17H16F2N2O4/c1-7(18)12-9(4-20-5-10(12)19)14-13(16(22)24-3)8(2)21-11-6-25-17(23)15(11)14/h4-5,7,14,21H,6H2,1-3H3. The molecule has 0 saturated carbocycles. The molecule has 132 valence electrons. The van der Waals surface area contributed by atoms with Gasteiger partial charge in [0.1, 0.15) is 18.6 Å². The first-order chi connectivity index (χ1) is 11.9. The van der Waals surface area contributed by atoms with Crippen LogP contribution >= 0.6 is 0 Å². The van der Waals surface area contributed by atoms with Crippen molar-refractivity contribution in [3.05, 3.63) is 51.9 Å². The predicted octanol–water partition coefficient (Wildman–Crippen LogP) is 2.20. The van der Waals surface area contributed by atoms with Crippen molar-refractivity contribution in [3.8, 4) is 0 Å². The zero-order valence-corrected chi connectivity index (χ0v) is 13.9. The Morgan fingerprint density at radius 1 is 1.48 bits per heavy atom. The molecule has 25 heavy (non-hydrogen) atoms. The van der Waals surface area contributed by atoms with Crippen LogP contribution in [-0.2, 0) is 19.1 Å². The minimum Gasteiger partial charge on any atom is -0.466 e. The molecule has 8 heteroatoms. The molecule has 1 aromatic rings. The molecule has 6 nitrogen and oxygen atoms in total. The van der Waals surface area contributed by atoms with Gasteiger partial charge in [0.25, 0.3) is 0 Å². The first-order valence-corrected chi connectivity index (χ1v) is 7.60. The molecule has 3 rings (SSSR count). The molecule has 1 N–H and O–H groups in total. The largest absolute Gasteiger partial charge is 0.466 e. The molecule has 0 spiro atoms. The summed E-state index contributed by atoms with van der Waals surface area (Å²) < 4.78 is 38.2. The third-order valence-electron chi connectivity index (χ3n) is 4.30. The Hall–Kier alpha value is -2.77. The molecule has 0 bridgehead atoms. The van der Waals surface area contributed by atoms with Crippen molar-refractivity contribution in [2.75, 3.05) is 13.7 Å². The lowest BCUT2D eigenvalue weighted by Gasteiger charge is -2.28. The van der Waals surface area contributed by atoms with E-state index < -0.39 is 29.8 Å². The van der Waals surface area contributed by atoms with Crippen LogP contribution in [-0.4, -0.2) is 30.6 Å². The summed E-state index contributed by atoms with van der Waals surface area (Å²) >= 11 is 0. The molecule has 0 radical (unpaired) electrons. The van der Waals surface area contributed by atoms with Gasteiger partial charge in [0.05, 0.1) is 36.1 Å². The van der Waals surface area contributed by atoms with E-state index in [0.717, 1.165) is 6.20 Å². The lowest BCUT2D eigenvalue weighted by molar-refractivity contribution is -0.136. The summed E-state index contributed by atoms with van der Waals surface area (Å²) in [5.41, 5.74) is 0.970. The van der Waals surface area contributed by atoms with Crippen molar-refractivity contribution in [1.82, 2.24) is 10.3 Å². The fraction of sp³-hybridized carbons (Fsp3) is 0.353. The van der Waals surface area contributed by atoms with E-state index in [0.29, 0.717) is 11.4 Å². The number of esters is 2. The second-order valence-electron chi connectivity index (χ2n) is 5.80. The summed E-state index contributed by atoms with van der Waals surface area (Å²) in [5.74, 6) is -3.22. The van der Waals surface area contributed by atoms with E-state index >= 15 is 0 Å². The van der Waals surface area contributed by atoms with Crippen LogP contribution in [0.15, 0.2) is 34.9 Å². The molecular formula is C17H16F2N2O4. The number of cyclic esters (lactones) is 1. The van der Waals surface area contributed by atoms with Crippen LogP contribution in [0.1, 0.15) is 37.1 Å². The predicted molar refractivity (Wildman–Crippen MR) is 82.3 cm³/mol. The van der Waals surface area contributed by atoms with E-state index in [1.54, 1.807) is 6.92 Å². The van der Waals surface area contributed by atoms with Gasteiger partial charge in [-0.05, 0) is 19.4 Å². The highest BCUT2D eigenvalue weighted by atomic mass is 19.1. The maximum Gasteiger partial charge on any atom is 0.337 e. The number of carbonyl (C=O) groups excluding carboxylic acids is 2. The second-order valence-corrected chi connectivity index (χ2v) is 5.80. The lowest BCUT2D eigenvalue weighted by Crippen LogP contribution is -2.30.